The Morgan fingerprint density at radius 2 is 2.00 bits per heavy atom. The average Bonchev–Trinajstić information content (AvgIpc) is 2.26. The van der Waals surface area contributed by atoms with E-state index in [2.05, 4.69) is 4.72 Å². The molecule has 0 amide bonds. The number of sulfonamides is 1. The van der Waals surface area contributed by atoms with Crippen LogP contribution in [0.25, 0.3) is 0 Å². The van der Waals surface area contributed by atoms with Crippen LogP contribution in [0.2, 0.25) is 0 Å². The molecule has 84 valence electrons. The van der Waals surface area contributed by atoms with E-state index in [9.17, 15) is 8.42 Å². The number of nitrogens with one attached hydrogen (secondary N) is 1. The van der Waals surface area contributed by atoms with Crippen LogP contribution in [0.5, 0.6) is 0 Å². The molecule has 15 heavy (non-hydrogen) atoms. The van der Waals surface area contributed by atoms with Gasteiger partial charge in [-0.25, -0.2) is 13.1 Å². The van der Waals surface area contributed by atoms with Gasteiger partial charge in [0.2, 0.25) is 10.0 Å². The quantitative estimate of drug-likeness (QED) is 0.835. The van der Waals surface area contributed by atoms with Crippen molar-refractivity contribution in [2.45, 2.75) is 31.6 Å². The summed E-state index contributed by atoms with van der Waals surface area (Å²) in [7, 11) is -3.31. The minimum atomic E-state index is -3.31. The fraction of sp³-hybridized carbons (Fsp3) is 0.455. The van der Waals surface area contributed by atoms with Crippen molar-refractivity contribution >= 4 is 10.0 Å². The van der Waals surface area contributed by atoms with Crippen LogP contribution in [0.4, 0.5) is 0 Å². The van der Waals surface area contributed by atoms with Crippen LogP contribution in [0, 0.1) is 0 Å². The Morgan fingerprint density at radius 3 is 2.60 bits per heavy atom. The summed E-state index contributed by atoms with van der Waals surface area (Å²) in [6.07, 6.45) is 1.64. The van der Waals surface area contributed by atoms with E-state index in [0.29, 0.717) is 11.4 Å². The number of aryl methyl sites for hydroxylation is 1. The van der Waals surface area contributed by atoms with E-state index in [4.69, 9.17) is 0 Å². The highest BCUT2D eigenvalue weighted by atomic mass is 32.2. The first-order chi connectivity index (χ1) is 7.10. The fourth-order valence-electron chi connectivity index (χ4n) is 1.25. The van der Waals surface area contributed by atoms with Gasteiger partial charge < -0.3 is 0 Å². The standard InChI is InChI=1S/C11H17NO2S/c1-3-8-12-15(13,14)11-7-5-6-10(4-2)9-11/h5-7,9,12H,3-4,8H2,1-2H3. The molecule has 3 nitrogen and oxygen atoms in total. The van der Waals surface area contributed by atoms with Crippen LogP contribution < -0.4 is 4.72 Å². The third-order valence-electron chi connectivity index (χ3n) is 2.16. The minimum absolute atomic E-state index is 0.357. The number of hydrogen-bond donors (Lipinski definition) is 1. The molecule has 0 spiro atoms. The molecule has 0 atom stereocenters. The summed E-state index contributed by atoms with van der Waals surface area (Å²) >= 11 is 0. The van der Waals surface area contributed by atoms with Crippen molar-refractivity contribution in [2.75, 3.05) is 6.54 Å². The zero-order valence-corrected chi connectivity index (χ0v) is 9.97. The molecule has 0 saturated heterocycles. The van der Waals surface area contributed by atoms with Crippen molar-refractivity contribution in [1.82, 2.24) is 4.72 Å². The normalized spacial score (nSPS) is 11.6. The molecule has 1 rings (SSSR count). The van der Waals surface area contributed by atoms with Gasteiger partial charge in [0.1, 0.15) is 0 Å². The van der Waals surface area contributed by atoms with E-state index in [0.717, 1.165) is 18.4 Å². The lowest BCUT2D eigenvalue weighted by Gasteiger charge is -2.06. The Hall–Kier alpha value is -0.870. The summed E-state index contributed by atoms with van der Waals surface area (Å²) < 4.78 is 26.0. The van der Waals surface area contributed by atoms with E-state index < -0.39 is 10.0 Å². The van der Waals surface area contributed by atoms with Crippen LogP contribution in [-0.2, 0) is 16.4 Å². The minimum Gasteiger partial charge on any atom is -0.211 e. The van der Waals surface area contributed by atoms with Gasteiger partial charge in [0.15, 0.2) is 0 Å². The van der Waals surface area contributed by atoms with Crippen LogP contribution in [0.1, 0.15) is 25.8 Å². The molecule has 0 radical (unpaired) electrons. The van der Waals surface area contributed by atoms with E-state index in [1.54, 1.807) is 18.2 Å². The van der Waals surface area contributed by atoms with Crippen molar-refractivity contribution < 1.29 is 8.42 Å². The van der Waals surface area contributed by atoms with Gasteiger partial charge in [0.05, 0.1) is 4.90 Å². The molecule has 0 unspecified atom stereocenters. The van der Waals surface area contributed by atoms with Crippen LogP contribution >= 0.6 is 0 Å². The third kappa shape index (κ3) is 3.32. The second-order valence-corrected chi connectivity index (χ2v) is 5.17. The van der Waals surface area contributed by atoms with Crippen molar-refractivity contribution in [3.63, 3.8) is 0 Å². The molecular formula is C11H17NO2S. The second-order valence-electron chi connectivity index (χ2n) is 3.40. The van der Waals surface area contributed by atoms with Gasteiger partial charge in [-0.1, -0.05) is 26.0 Å². The lowest BCUT2D eigenvalue weighted by Crippen LogP contribution is -2.24. The predicted octanol–water partition coefficient (Wildman–Crippen LogP) is 1.94. The summed E-state index contributed by atoms with van der Waals surface area (Å²) in [4.78, 5) is 0.357. The molecule has 0 fully saturated rings. The molecule has 1 aromatic carbocycles. The lowest BCUT2D eigenvalue weighted by molar-refractivity contribution is 0.580. The van der Waals surface area contributed by atoms with Gasteiger partial charge >= 0.3 is 0 Å². The Kier molecular flexibility index (Phi) is 4.29. The summed E-state index contributed by atoms with van der Waals surface area (Å²) in [5.41, 5.74) is 1.04. The Bertz CT molecular complexity index is 412. The van der Waals surface area contributed by atoms with Crippen molar-refractivity contribution in [3.8, 4) is 0 Å². The maximum Gasteiger partial charge on any atom is 0.240 e. The van der Waals surface area contributed by atoms with Gasteiger partial charge in [0.25, 0.3) is 0 Å². The average molecular weight is 227 g/mol. The maximum absolute atomic E-state index is 11.7. The van der Waals surface area contributed by atoms with Gasteiger partial charge in [-0.15, -0.1) is 0 Å². The molecule has 4 heteroatoms. The third-order valence-corrected chi connectivity index (χ3v) is 3.62. The summed E-state index contributed by atoms with van der Waals surface area (Å²) in [5, 5.41) is 0. The van der Waals surface area contributed by atoms with Crippen LogP contribution in [0.15, 0.2) is 29.2 Å². The van der Waals surface area contributed by atoms with Gasteiger partial charge in [-0.2, -0.15) is 0 Å². The summed E-state index contributed by atoms with van der Waals surface area (Å²) in [5.74, 6) is 0. The maximum atomic E-state index is 11.7. The molecule has 1 N–H and O–H groups in total. The topological polar surface area (TPSA) is 46.2 Å². The Balaban J connectivity index is 2.94. The van der Waals surface area contributed by atoms with E-state index in [1.165, 1.54) is 0 Å². The Labute approximate surface area is 91.6 Å². The number of benzene rings is 1. The van der Waals surface area contributed by atoms with Gasteiger partial charge in [0, 0.05) is 6.54 Å². The molecule has 0 aliphatic heterocycles. The fourth-order valence-corrected chi connectivity index (χ4v) is 2.46. The molecule has 1 aromatic rings. The smallest absolute Gasteiger partial charge is 0.211 e. The second kappa shape index (κ2) is 5.28. The molecule has 0 heterocycles. The SMILES string of the molecule is CCCNS(=O)(=O)c1cccc(CC)c1. The van der Waals surface area contributed by atoms with Crippen LogP contribution in [0.3, 0.4) is 0 Å². The van der Waals surface area contributed by atoms with Gasteiger partial charge in [-0.3, -0.25) is 0 Å². The number of hydrogen-bond acceptors (Lipinski definition) is 2. The number of rotatable bonds is 5. The molecule has 0 saturated carbocycles. The molecular weight excluding hydrogens is 210 g/mol. The first-order valence-electron chi connectivity index (χ1n) is 5.18. The Morgan fingerprint density at radius 1 is 1.27 bits per heavy atom. The van der Waals surface area contributed by atoms with E-state index >= 15 is 0 Å². The largest absolute Gasteiger partial charge is 0.240 e. The zero-order valence-electron chi connectivity index (χ0n) is 9.16. The van der Waals surface area contributed by atoms with Crippen LogP contribution in [-0.4, -0.2) is 15.0 Å². The van der Waals surface area contributed by atoms with Crippen molar-refractivity contribution in [2.24, 2.45) is 0 Å². The monoisotopic (exact) mass is 227 g/mol. The zero-order chi connectivity index (χ0) is 11.3. The predicted molar refractivity (Wildman–Crippen MR) is 61.3 cm³/mol. The van der Waals surface area contributed by atoms with E-state index in [1.807, 2.05) is 19.9 Å². The van der Waals surface area contributed by atoms with Gasteiger partial charge in [-0.05, 0) is 30.5 Å². The molecule has 0 aromatic heterocycles. The van der Waals surface area contributed by atoms with Crippen molar-refractivity contribution in [1.29, 1.82) is 0 Å². The van der Waals surface area contributed by atoms with Crippen molar-refractivity contribution in [3.05, 3.63) is 29.8 Å². The highest BCUT2D eigenvalue weighted by Crippen LogP contribution is 2.11. The molecule has 0 aliphatic rings. The molecule has 0 aliphatic carbocycles. The molecule has 0 bridgehead atoms. The summed E-state index contributed by atoms with van der Waals surface area (Å²) in [6.45, 7) is 4.43. The lowest BCUT2D eigenvalue weighted by atomic mass is 10.2. The highest BCUT2D eigenvalue weighted by molar-refractivity contribution is 7.89. The first-order valence-corrected chi connectivity index (χ1v) is 6.67. The van der Waals surface area contributed by atoms with E-state index in [-0.39, 0.29) is 0 Å². The summed E-state index contributed by atoms with van der Waals surface area (Å²) in [6, 6.07) is 7.05. The first kappa shape index (κ1) is 12.2. The highest BCUT2D eigenvalue weighted by Gasteiger charge is 2.12.